The SMILES string of the molecule is COC(=O)c1coc([C@H]2CCCNC2)n1. The Bertz CT molecular complexity index is 342. The van der Waals surface area contributed by atoms with Crippen molar-refractivity contribution in [3.05, 3.63) is 17.8 Å². The Balaban J connectivity index is 2.08. The first-order chi connectivity index (χ1) is 7.31. The van der Waals surface area contributed by atoms with Crippen LogP contribution in [0.3, 0.4) is 0 Å². The quantitative estimate of drug-likeness (QED) is 0.735. The van der Waals surface area contributed by atoms with E-state index in [9.17, 15) is 4.79 Å². The smallest absolute Gasteiger partial charge is 0.360 e. The summed E-state index contributed by atoms with van der Waals surface area (Å²) in [5.41, 5.74) is 0.248. The van der Waals surface area contributed by atoms with Crippen LogP contribution in [0, 0.1) is 0 Å². The van der Waals surface area contributed by atoms with Crippen LogP contribution in [0.25, 0.3) is 0 Å². The number of hydrogen-bond acceptors (Lipinski definition) is 5. The molecule has 0 aromatic carbocycles. The van der Waals surface area contributed by atoms with Gasteiger partial charge in [-0.2, -0.15) is 0 Å². The molecule has 1 aliphatic rings. The molecule has 0 aliphatic carbocycles. The van der Waals surface area contributed by atoms with Gasteiger partial charge in [0.2, 0.25) is 0 Å². The Morgan fingerprint density at radius 1 is 1.73 bits per heavy atom. The van der Waals surface area contributed by atoms with Gasteiger partial charge < -0.3 is 14.5 Å². The molecule has 1 aromatic rings. The molecule has 5 heteroatoms. The lowest BCUT2D eigenvalue weighted by Crippen LogP contribution is -2.28. The first kappa shape index (κ1) is 10.2. The van der Waals surface area contributed by atoms with Crippen LogP contribution in [0.4, 0.5) is 0 Å². The van der Waals surface area contributed by atoms with Crippen molar-refractivity contribution in [2.24, 2.45) is 0 Å². The molecule has 0 bridgehead atoms. The van der Waals surface area contributed by atoms with E-state index in [4.69, 9.17) is 4.42 Å². The summed E-state index contributed by atoms with van der Waals surface area (Å²) in [6.07, 6.45) is 3.52. The van der Waals surface area contributed by atoms with E-state index in [0.29, 0.717) is 5.89 Å². The van der Waals surface area contributed by atoms with E-state index in [-0.39, 0.29) is 11.6 Å². The van der Waals surface area contributed by atoms with Gasteiger partial charge in [0.15, 0.2) is 11.6 Å². The minimum Gasteiger partial charge on any atom is -0.464 e. The highest BCUT2D eigenvalue weighted by Gasteiger charge is 2.21. The zero-order valence-electron chi connectivity index (χ0n) is 8.66. The highest BCUT2D eigenvalue weighted by molar-refractivity contribution is 5.86. The molecule has 0 spiro atoms. The summed E-state index contributed by atoms with van der Waals surface area (Å²) in [5.74, 6) is 0.452. The van der Waals surface area contributed by atoms with Crippen molar-refractivity contribution in [2.75, 3.05) is 20.2 Å². The minimum atomic E-state index is -0.450. The van der Waals surface area contributed by atoms with E-state index in [1.165, 1.54) is 13.4 Å². The van der Waals surface area contributed by atoms with Crippen LogP contribution < -0.4 is 5.32 Å². The fourth-order valence-corrected chi connectivity index (χ4v) is 1.74. The van der Waals surface area contributed by atoms with Crippen molar-refractivity contribution in [3.63, 3.8) is 0 Å². The molecule has 0 unspecified atom stereocenters. The van der Waals surface area contributed by atoms with Crippen molar-refractivity contribution in [1.29, 1.82) is 0 Å². The second-order valence-electron chi connectivity index (χ2n) is 3.61. The van der Waals surface area contributed by atoms with E-state index in [1.54, 1.807) is 0 Å². The molecule has 1 aromatic heterocycles. The van der Waals surface area contributed by atoms with E-state index in [0.717, 1.165) is 25.9 Å². The van der Waals surface area contributed by atoms with Gasteiger partial charge in [0, 0.05) is 12.5 Å². The Labute approximate surface area is 87.8 Å². The Hall–Kier alpha value is -1.36. The summed E-state index contributed by atoms with van der Waals surface area (Å²) in [5, 5.41) is 3.27. The van der Waals surface area contributed by atoms with Gasteiger partial charge >= 0.3 is 5.97 Å². The van der Waals surface area contributed by atoms with Crippen LogP contribution in [0.15, 0.2) is 10.7 Å². The summed E-state index contributed by atoms with van der Waals surface area (Å²) in [4.78, 5) is 15.3. The number of carbonyl (C=O) groups excluding carboxylic acids is 1. The largest absolute Gasteiger partial charge is 0.464 e. The summed E-state index contributed by atoms with van der Waals surface area (Å²) in [6, 6.07) is 0. The molecule has 0 amide bonds. The number of nitrogens with zero attached hydrogens (tertiary/aromatic N) is 1. The summed E-state index contributed by atoms with van der Waals surface area (Å²) in [6.45, 7) is 1.90. The molecule has 15 heavy (non-hydrogen) atoms. The maximum Gasteiger partial charge on any atom is 0.360 e. The average molecular weight is 210 g/mol. The summed E-state index contributed by atoms with van der Waals surface area (Å²) < 4.78 is 9.84. The molecule has 1 fully saturated rings. The number of rotatable bonds is 2. The number of hydrogen-bond donors (Lipinski definition) is 1. The number of methoxy groups -OCH3 is 1. The van der Waals surface area contributed by atoms with Crippen molar-refractivity contribution in [2.45, 2.75) is 18.8 Å². The summed E-state index contributed by atoms with van der Waals surface area (Å²) in [7, 11) is 1.33. The first-order valence-corrected chi connectivity index (χ1v) is 5.05. The second-order valence-corrected chi connectivity index (χ2v) is 3.61. The molecule has 1 atom stereocenters. The van der Waals surface area contributed by atoms with Crippen LogP contribution in [-0.2, 0) is 4.74 Å². The lowest BCUT2D eigenvalue weighted by atomic mass is 10.00. The van der Waals surface area contributed by atoms with E-state index in [2.05, 4.69) is 15.0 Å². The molecule has 1 N–H and O–H groups in total. The Morgan fingerprint density at radius 2 is 2.60 bits per heavy atom. The second kappa shape index (κ2) is 4.44. The van der Waals surface area contributed by atoms with Crippen molar-refractivity contribution >= 4 is 5.97 Å². The van der Waals surface area contributed by atoms with E-state index < -0.39 is 5.97 Å². The highest BCUT2D eigenvalue weighted by atomic mass is 16.5. The molecular weight excluding hydrogens is 196 g/mol. The van der Waals surface area contributed by atoms with Crippen LogP contribution in [0.1, 0.15) is 35.1 Å². The van der Waals surface area contributed by atoms with Crippen LogP contribution in [0.5, 0.6) is 0 Å². The van der Waals surface area contributed by atoms with Gasteiger partial charge in [-0.25, -0.2) is 9.78 Å². The number of nitrogens with one attached hydrogen (secondary N) is 1. The molecule has 82 valence electrons. The number of piperidine rings is 1. The highest BCUT2D eigenvalue weighted by Crippen LogP contribution is 2.22. The summed E-state index contributed by atoms with van der Waals surface area (Å²) >= 11 is 0. The standard InChI is InChI=1S/C10H14N2O3/c1-14-10(13)8-6-15-9(12-8)7-3-2-4-11-5-7/h6-7,11H,2-5H2,1H3/t7-/m0/s1. The molecule has 0 saturated carbocycles. The molecule has 1 saturated heterocycles. The van der Waals surface area contributed by atoms with Gasteiger partial charge in [-0.1, -0.05) is 0 Å². The molecule has 0 radical (unpaired) electrons. The van der Waals surface area contributed by atoms with Crippen molar-refractivity contribution in [3.8, 4) is 0 Å². The van der Waals surface area contributed by atoms with Gasteiger partial charge in [0.25, 0.3) is 0 Å². The van der Waals surface area contributed by atoms with E-state index >= 15 is 0 Å². The maximum absolute atomic E-state index is 11.1. The molecular formula is C10H14N2O3. The maximum atomic E-state index is 11.1. The number of esters is 1. The number of ether oxygens (including phenoxy) is 1. The van der Waals surface area contributed by atoms with Gasteiger partial charge in [-0.15, -0.1) is 0 Å². The third kappa shape index (κ3) is 2.18. The number of oxazole rings is 1. The van der Waals surface area contributed by atoms with Crippen LogP contribution >= 0.6 is 0 Å². The fourth-order valence-electron chi connectivity index (χ4n) is 1.74. The van der Waals surface area contributed by atoms with Gasteiger partial charge in [0.1, 0.15) is 6.26 Å². The third-order valence-corrected chi connectivity index (χ3v) is 2.56. The predicted octanol–water partition coefficient (Wildman–Crippen LogP) is 0.928. The molecule has 5 nitrogen and oxygen atoms in total. The van der Waals surface area contributed by atoms with Gasteiger partial charge in [-0.3, -0.25) is 0 Å². The van der Waals surface area contributed by atoms with Crippen molar-refractivity contribution in [1.82, 2.24) is 10.3 Å². The topological polar surface area (TPSA) is 64.4 Å². The normalized spacial score (nSPS) is 21.3. The van der Waals surface area contributed by atoms with Crippen LogP contribution in [-0.4, -0.2) is 31.2 Å². The number of aromatic nitrogens is 1. The predicted molar refractivity (Wildman–Crippen MR) is 52.7 cm³/mol. The zero-order valence-corrected chi connectivity index (χ0v) is 8.66. The monoisotopic (exact) mass is 210 g/mol. The Kier molecular flexibility index (Phi) is 3.01. The van der Waals surface area contributed by atoms with Crippen molar-refractivity contribution < 1.29 is 13.9 Å². The fraction of sp³-hybridized carbons (Fsp3) is 0.600. The van der Waals surface area contributed by atoms with Gasteiger partial charge in [0.05, 0.1) is 7.11 Å². The zero-order chi connectivity index (χ0) is 10.7. The molecule has 1 aliphatic heterocycles. The van der Waals surface area contributed by atoms with Gasteiger partial charge in [-0.05, 0) is 19.4 Å². The number of carbonyl (C=O) groups is 1. The lowest BCUT2D eigenvalue weighted by molar-refractivity contribution is 0.0594. The van der Waals surface area contributed by atoms with Crippen LogP contribution in [0.2, 0.25) is 0 Å². The van der Waals surface area contributed by atoms with E-state index in [1.807, 2.05) is 0 Å². The molecule has 2 rings (SSSR count). The molecule has 2 heterocycles. The minimum absolute atomic E-state index is 0.248. The lowest BCUT2D eigenvalue weighted by Gasteiger charge is -2.19. The third-order valence-electron chi connectivity index (χ3n) is 2.56. The first-order valence-electron chi connectivity index (χ1n) is 5.05. The average Bonchev–Trinajstić information content (AvgIpc) is 2.78. The Morgan fingerprint density at radius 3 is 3.27 bits per heavy atom.